The van der Waals surface area contributed by atoms with Gasteiger partial charge in [-0.3, -0.25) is 5.84 Å². The third-order valence-electron chi connectivity index (χ3n) is 2.97. The van der Waals surface area contributed by atoms with E-state index in [4.69, 9.17) is 17.4 Å². The summed E-state index contributed by atoms with van der Waals surface area (Å²) in [7, 11) is 0. The van der Waals surface area contributed by atoms with Crippen LogP contribution < -0.4 is 11.3 Å². The Bertz CT molecular complexity index is 600. The number of halogens is 3. The fourth-order valence-corrected chi connectivity index (χ4v) is 2.21. The number of nitrogens with one attached hydrogen (secondary N) is 1. The molecule has 2 nitrogen and oxygen atoms in total. The van der Waals surface area contributed by atoms with Crippen LogP contribution in [0.4, 0.5) is 8.78 Å². The molecule has 2 aromatic carbocycles. The molecule has 100 valence electrons. The summed E-state index contributed by atoms with van der Waals surface area (Å²) in [5.41, 5.74) is 4.05. The average molecular weight is 283 g/mol. The number of hydrazine groups is 1. The maximum absolute atomic E-state index is 13.8. The van der Waals surface area contributed by atoms with Gasteiger partial charge in [-0.2, -0.15) is 0 Å². The lowest BCUT2D eigenvalue weighted by molar-refractivity contribution is 0.545. The van der Waals surface area contributed by atoms with Crippen LogP contribution in [0.1, 0.15) is 22.7 Å². The third-order valence-corrected chi connectivity index (χ3v) is 3.48. The summed E-state index contributed by atoms with van der Waals surface area (Å²) < 4.78 is 27.1. The average Bonchev–Trinajstić information content (AvgIpc) is 2.39. The molecule has 1 atom stereocenters. The third kappa shape index (κ3) is 2.76. The van der Waals surface area contributed by atoms with E-state index >= 15 is 0 Å². The first kappa shape index (κ1) is 13.9. The molecule has 0 amide bonds. The van der Waals surface area contributed by atoms with Crippen LogP contribution in [-0.2, 0) is 0 Å². The van der Waals surface area contributed by atoms with Crippen LogP contribution in [0.5, 0.6) is 0 Å². The number of rotatable bonds is 3. The van der Waals surface area contributed by atoms with Gasteiger partial charge in [-0.25, -0.2) is 14.2 Å². The maximum atomic E-state index is 13.8. The Morgan fingerprint density at radius 1 is 1.16 bits per heavy atom. The Hall–Kier alpha value is -1.49. The molecule has 0 aliphatic heterocycles. The molecule has 0 saturated heterocycles. The first-order valence-corrected chi connectivity index (χ1v) is 6.08. The standard InChI is InChI=1S/C14H13ClF2N2/c1-8-3-2-4-10(13(8)15)14(19-18)11-7-9(16)5-6-12(11)17/h2-7,14,19H,18H2,1H3. The predicted octanol–water partition coefficient (Wildman–Crippen LogP) is 3.48. The van der Waals surface area contributed by atoms with Crippen molar-refractivity contribution in [3.8, 4) is 0 Å². The lowest BCUT2D eigenvalue weighted by atomic mass is 9.97. The Morgan fingerprint density at radius 3 is 2.58 bits per heavy atom. The lowest BCUT2D eigenvalue weighted by Gasteiger charge is -2.19. The molecular formula is C14H13ClF2N2. The molecule has 0 fully saturated rings. The van der Waals surface area contributed by atoms with E-state index in [2.05, 4.69) is 5.43 Å². The summed E-state index contributed by atoms with van der Waals surface area (Å²) in [5, 5.41) is 0.481. The van der Waals surface area contributed by atoms with Gasteiger partial charge < -0.3 is 0 Å². The van der Waals surface area contributed by atoms with Crippen molar-refractivity contribution < 1.29 is 8.78 Å². The van der Waals surface area contributed by atoms with Crippen molar-refractivity contribution in [2.24, 2.45) is 5.84 Å². The molecule has 3 N–H and O–H groups in total. The highest BCUT2D eigenvalue weighted by molar-refractivity contribution is 6.32. The second kappa shape index (κ2) is 5.65. The van der Waals surface area contributed by atoms with E-state index in [0.717, 1.165) is 23.8 Å². The van der Waals surface area contributed by atoms with E-state index in [0.29, 0.717) is 10.6 Å². The molecule has 2 aromatic rings. The monoisotopic (exact) mass is 282 g/mol. The second-order valence-electron chi connectivity index (χ2n) is 4.24. The number of hydrogen-bond acceptors (Lipinski definition) is 2. The van der Waals surface area contributed by atoms with Gasteiger partial charge in [-0.1, -0.05) is 29.8 Å². The van der Waals surface area contributed by atoms with E-state index in [1.54, 1.807) is 12.1 Å². The topological polar surface area (TPSA) is 38.0 Å². The zero-order chi connectivity index (χ0) is 14.0. The summed E-state index contributed by atoms with van der Waals surface area (Å²) in [6.45, 7) is 1.83. The summed E-state index contributed by atoms with van der Waals surface area (Å²) >= 11 is 6.20. The van der Waals surface area contributed by atoms with Crippen molar-refractivity contribution in [3.63, 3.8) is 0 Å². The predicted molar refractivity (Wildman–Crippen MR) is 71.7 cm³/mol. The summed E-state index contributed by atoms with van der Waals surface area (Å²) in [4.78, 5) is 0. The van der Waals surface area contributed by atoms with Crippen molar-refractivity contribution in [1.82, 2.24) is 5.43 Å². The van der Waals surface area contributed by atoms with E-state index in [-0.39, 0.29) is 5.56 Å². The minimum atomic E-state index is -0.705. The second-order valence-corrected chi connectivity index (χ2v) is 4.62. The quantitative estimate of drug-likeness (QED) is 0.668. The summed E-state index contributed by atoms with van der Waals surface area (Å²) in [6.07, 6.45) is 0. The summed E-state index contributed by atoms with van der Waals surface area (Å²) in [5.74, 6) is 4.41. The van der Waals surface area contributed by atoms with Crippen LogP contribution in [0.3, 0.4) is 0 Å². The zero-order valence-electron chi connectivity index (χ0n) is 10.3. The molecule has 0 bridgehead atoms. The molecule has 0 aliphatic rings. The SMILES string of the molecule is Cc1cccc(C(NN)c2cc(F)ccc2F)c1Cl. The van der Waals surface area contributed by atoms with Crippen molar-refractivity contribution in [1.29, 1.82) is 0 Å². The Balaban J connectivity index is 2.56. The molecule has 1 unspecified atom stereocenters. The largest absolute Gasteiger partial charge is 0.271 e. The van der Waals surface area contributed by atoms with Gasteiger partial charge in [0.25, 0.3) is 0 Å². The van der Waals surface area contributed by atoms with Gasteiger partial charge in [-0.15, -0.1) is 0 Å². The van der Waals surface area contributed by atoms with E-state index < -0.39 is 17.7 Å². The molecule has 0 radical (unpaired) electrons. The van der Waals surface area contributed by atoms with Crippen molar-refractivity contribution >= 4 is 11.6 Å². The number of nitrogens with two attached hydrogens (primary N) is 1. The minimum Gasteiger partial charge on any atom is -0.271 e. The molecule has 5 heteroatoms. The van der Waals surface area contributed by atoms with Crippen LogP contribution in [0.2, 0.25) is 5.02 Å². The Labute approximate surface area is 115 Å². The Morgan fingerprint density at radius 2 is 1.89 bits per heavy atom. The van der Waals surface area contributed by atoms with Crippen LogP contribution in [0.25, 0.3) is 0 Å². The first-order chi connectivity index (χ1) is 9.04. The number of benzene rings is 2. The lowest BCUT2D eigenvalue weighted by Crippen LogP contribution is -2.30. The fourth-order valence-electron chi connectivity index (χ4n) is 1.98. The van der Waals surface area contributed by atoms with Crippen molar-refractivity contribution in [2.45, 2.75) is 13.0 Å². The van der Waals surface area contributed by atoms with Gasteiger partial charge in [0.15, 0.2) is 0 Å². The molecule has 2 rings (SSSR count). The number of hydrogen-bond donors (Lipinski definition) is 2. The highest BCUT2D eigenvalue weighted by Crippen LogP contribution is 2.31. The van der Waals surface area contributed by atoms with Gasteiger partial charge in [0.1, 0.15) is 11.6 Å². The van der Waals surface area contributed by atoms with Gasteiger partial charge in [0, 0.05) is 10.6 Å². The van der Waals surface area contributed by atoms with E-state index in [9.17, 15) is 8.78 Å². The highest BCUT2D eigenvalue weighted by atomic mass is 35.5. The van der Waals surface area contributed by atoms with Gasteiger partial charge in [-0.05, 0) is 36.2 Å². The molecule has 0 heterocycles. The van der Waals surface area contributed by atoms with Crippen molar-refractivity contribution in [3.05, 3.63) is 69.7 Å². The molecule has 0 aromatic heterocycles. The van der Waals surface area contributed by atoms with Crippen LogP contribution >= 0.6 is 11.6 Å². The summed E-state index contributed by atoms with van der Waals surface area (Å²) in [6, 6.07) is 7.88. The van der Waals surface area contributed by atoms with E-state index in [1.807, 2.05) is 13.0 Å². The van der Waals surface area contributed by atoms with Crippen LogP contribution in [0, 0.1) is 18.6 Å². The van der Waals surface area contributed by atoms with Crippen LogP contribution in [0.15, 0.2) is 36.4 Å². The normalized spacial score (nSPS) is 12.5. The molecule has 0 spiro atoms. The zero-order valence-corrected chi connectivity index (χ0v) is 11.0. The molecule has 0 saturated carbocycles. The first-order valence-electron chi connectivity index (χ1n) is 5.70. The smallest absolute Gasteiger partial charge is 0.128 e. The Kier molecular flexibility index (Phi) is 4.14. The van der Waals surface area contributed by atoms with Gasteiger partial charge >= 0.3 is 0 Å². The maximum Gasteiger partial charge on any atom is 0.128 e. The highest BCUT2D eigenvalue weighted by Gasteiger charge is 2.20. The molecular weight excluding hydrogens is 270 g/mol. The fraction of sp³-hybridized carbons (Fsp3) is 0.143. The van der Waals surface area contributed by atoms with Crippen LogP contribution in [-0.4, -0.2) is 0 Å². The van der Waals surface area contributed by atoms with Gasteiger partial charge in [0.2, 0.25) is 0 Å². The molecule has 0 aliphatic carbocycles. The van der Waals surface area contributed by atoms with Gasteiger partial charge in [0.05, 0.1) is 6.04 Å². The minimum absolute atomic E-state index is 0.120. The van der Waals surface area contributed by atoms with Crippen molar-refractivity contribution in [2.75, 3.05) is 0 Å². The molecule has 19 heavy (non-hydrogen) atoms. The number of aryl methyl sites for hydroxylation is 1. The van der Waals surface area contributed by atoms with E-state index in [1.165, 1.54) is 0 Å².